The smallest absolute Gasteiger partial charge is 0.317 e. The van der Waals surface area contributed by atoms with Crippen molar-refractivity contribution < 1.29 is 19.1 Å². The summed E-state index contributed by atoms with van der Waals surface area (Å²) in [5, 5.41) is 11.3. The number of rotatable bonds is 4. The normalized spacial score (nSPS) is 12.6. The quantitative estimate of drug-likeness (QED) is 0.570. The molecule has 2 aromatic carbocycles. The van der Waals surface area contributed by atoms with Crippen molar-refractivity contribution in [2.45, 2.75) is 12.5 Å². The molecular weight excluding hydrogens is 330 g/mol. The van der Waals surface area contributed by atoms with E-state index in [0.717, 1.165) is 38.6 Å². The van der Waals surface area contributed by atoms with Gasteiger partial charge in [-0.2, -0.15) is 0 Å². The zero-order chi connectivity index (χ0) is 18.3. The molecule has 0 saturated carbocycles. The maximum atomic E-state index is 12.7. The maximum absolute atomic E-state index is 12.7. The number of carbonyl (C=O) groups excluding carboxylic acids is 1. The molecule has 0 aliphatic rings. The highest BCUT2D eigenvalue weighted by molar-refractivity contribution is 5.93. The van der Waals surface area contributed by atoms with Crippen molar-refractivity contribution in [3.05, 3.63) is 71.6 Å². The van der Waals surface area contributed by atoms with Crippen LogP contribution in [0, 0.1) is 0 Å². The van der Waals surface area contributed by atoms with E-state index in [1.807, 2.05) is 60.3 Å². The second-order valence-electron chi connectivity index (χ2n) is 6.38. The average molecular weight is 349 g/mol. The van der Waals surface area contributed by atoms with Crippen LogP contribution in [0.15, 0.2) is 59.3 Å². The Morgan fingerprint density at radius 1 is 1.23 bits per heavy atom. The van der Waals surface area contributed by atoms with Crippen LogP contribution in [0.1, 0.15) is 22.6 Å². The van der Waals surface area contributed by atoms with E-state index in [1.165, 1.54) is 7.11 Å². The molecule has 2 aromatic heterocycles. The van der Waals surface area contributed by atoms with Crippen molar-refractivity contribution in [3.63, 3.8) is 0 Å². The number of esters is 1. The van der Waals surface area contributed by atoms with Crippen LogP contribution in [-0.4, -0.2) is 22.8 Å². The van der Waals surface area contributed by atoms with Gasteiger partial charge in [0.05, 0.1) is 20.0 Å². The first kappa shape index (κ1) is 16.4. The zero-order valence-electron chi connectivity index (χ0n) is 14.6. The molecule has 0 bridgehead atoms. The summed E-state index contributed by atoms with van der Waals surface area (Å²) in [6, 6.07) is 13.4. The van der Waals surface area contributed by atoms with E-state index in [1.54, 1.807) is 6.26 Å². The number of fused-ring (bicyclic) bond motifs is 2. The summed E-state index contributed by atoms with van der Waals surface area (Å²) in [5.41, 5.74) is 4.30. The summed E-state index contributed by atoms with van der Waals surface area (Å²) in [5.74, 6) is -0.852. The predicted molar refractivity (Wildman–Crippen MR) is 98.9 cm³/mol. The number of benzene rings is 2. The number of nitrogens with zero attached hydrogens (tertiary/aromatic N) is 1. The summed E-state index contributed by atoms with van der Waals surface area (Å²) in [6.45, 7) is -0.0198. The first-order valence-electron chi connectivity index (χ1n) is 8.36. The van der Waals surface area contributed by atoms with Crippen LogP contribution in [0.25, 0.3) is 21.9 Å². The van der Waals surface area contributed by atoms with Gasteiger partial charge in [0, 0.05) is 29.5 Å². The molecule has 5 nitrogen and oxygen atoms in total. The van der Waals surface area contributed by atoms with Gasteiger partial charge in [-0.05, 0) is 41.0 Å². The Hall–Kier alpha value is -3.05. The maximum Gasteiger partial charge on any atom is 0.317 e. The van der Waals surface area contributed by atoms with E-state index in [-0.39, 0.29) is 12.6 Å². The second kappa shape index (κ2) is 6.35. The molecule has 132 valence electrons. The van der Waals surface area contributed by atoms with Crippen molar-refractivity contribution in [1.29, 1.82) is 0 Å². The van der Waals surface area contributed by atoms with Gasteiger partial charge in [0.25, 0.3) is 0 Å². The molecule has 1 unspecified atom stereocenters. The molecule has 0 fully saturated rings. The standard InChI is InChI=1S/C21H19NO4/c1-22-11-17(16-5-3-13(12-23)9-18(16)22)20(21(24)25-2)15-4-6-19-14(10-15)7-8-26-19/h3-11,20,23H,12H2,1-2H3. The Balaban J connectivity index is 1.92. The Kier molecular flexibility index (Phi) is 4.01. The Labute approximate surface area is 150 Å². The molecule has 0 spiro atoms. The van der Waals surface area contributed by atoms with Crippen LogP contribution in [0.2, 0.25) is 0 Å². The number of ether oxygens (including phenoxy) is 1. The van der Waals surface area contributed by atoms with Crippen molar-refractivity contribution in [3.8, 4) is 0 Å². The van der Waals surface area contributed by atoms with E-state index in [0.29, 0.717) is 0 Å². The van der Waals surface area contributed by atoms with Crippen LogP contribution < -0.4 is 0 Å². The van der Waals surface area contributed by atoms with E-state index in [4.69, 9.17) is 9.15 Å². The van der Waals surface area contributed by atoms with E-state index in [2.05, 4.69) is 0 Å². The van der Waals surface area contributed by atoms with Gasteiger partial charge in [0.2, 0.25) is 0 Å². The summed E-state index contributed by atoms with van der Waals surface area (Å²) >= 11 is 0. The van der Waals surface area contributed by atoms with Crippen molar-refractivity contribution in [2.75, 3.05) is 7.11 Å². The topological polar surface area (TPSA) is 64.6 Å². The average Bonchev–Trinajstić information content (AvgIpc) is 3.26. The molecule has 4 aromatic rings. The monoisotopic (exact) mass is 349 g/mol. The number of furan rings is 1. The van der Waals surface area contributed by atoms with Gasteiger partial charge < -0.3 is 18.8 Å². The first-order chi connectivity index (χ1) is 12.6. The fourth-order valence-corrected chi connectivity index (χ4v) is 3.51. The minimum atomic E-state index is -0.539. The first-order valence-corrected chi connectivity index (χ1v) is 8.36. The Bertz CT molecular complexity index is 1110. The second-order valence-corrected chi connectivity index (χ2v) is 6.38. The number of methoxy groups -OCH3 is 1. The van der Waals surface area contributed by atoms with Gasteiger partial charge in [-0.1, -0.05) is 18.2 Å². The lowest BCUT2D eigenvalue weighted by atomic mass is 9.90. The molecule has 0 radical (unpaired) electrons. The van der Waals surface area contributed by atoms with Crippen LogP contribution in [0.5, 0.6) is 0 Å². The number of aliphatic hydroxyl groups is 1. The molecule has 0 saturated heterocycles. The third kappa shape index (κ3) is 2.57. The number of aryl methyl sites for hydroxylation is 1. The largest absolute Gasteiger partial charge is 0.468 e. The van der Waals surface area contributed by atoms with Crippen molar-refractivity contribution in [2.24, 2.45) is 7.05 Å². The SMILES string of the molecule is COC(=O)C(c1ccc2occc2c1)c1cn(C)c2cc(CO)ccc12. The number of aliphatic hydroxyl groups excluding tert-OH is 1. The molecule has 0 amide bonds. The number of carbonyl (C=O) groups is 1. The van der Waals surface area contributed by atoms with Crippen LogP contribution >= 0.6 is 0 Å². The summed E-state index contributed by atoms with van der Waals surface area (Å²) in [7, 11) is 3.33. The summed E-state index contributed by atoms with van der Waals surface area (Å²) < 4.78 is 12.5. The highest BCUT2D eigenvalue weighted by Crippen LogP contribution is 2.35. The summed E-state index contributed by atoms with van der Waals surface area (Å²) in [4.78, 5) is 12.7. The zero-order valence-corrected chi connectivity index (χ0v) is 14.6. The predicted octanol–water partition coefficient (Wildman–Crippen LogP) is 3.72. The van der Waals surface area contributed by atoms with Crippen LogP contribution in [-0.2, 0) is 23.2 Å². The minimum absolute atomic E-state index is 0.0198. The van der Waals surface area contributed by atoms with Crippen LogP contribution in [0.4, 0.5) is 0 Å². The number of aromatic nitrogens is 1. The van der Waals surface area contributed by atoms with Gasteiger partial charge in [0.15, 0.2) is 0 Å². The minimum Gasteiger partial charge on any atom is -0.468 e. The lowest BCUT2D eigenvalue weighted by molar-refractivity contribution is -0.141. The number of hydrogen-bond donors (Lipinski definition) is 1. The third-order valence-electron chi connectivity index (χ3n) is 4.83. The lowest BCUT2D eigenvalue weighted by Gasteiger charge is -2.15. The van der Waals surface area contributed by atoms with Gasteiger partial charge in [-0.3, -0.25) is 4.79 Å². The Morgan fingerprint density at radius 2 is 2.08 bits per heavy atom. The van der Waals surface area contributed by atoms with Gasteiger partial charge in [0.1, 0.15) is 11.5 Å². The van der Waals surface area contributed by atoms with Gasteiger partial charge in [-0.25, -0.2) is 0 Å². The fraction of sp³-hybridized carbons (Fsp3) is 0.190. The molecule has 5 heteroatoms. The molecule has 2 heterocycles. The highest BCUT2D eigenvalue weighted by atomic mass is 16.5. The number of hydrogen-bond acceptors (Lipinski definition) is 4. The molecule has 0 aliphatic heterocycles. The molecule has 0 aliphatic carbocycles. The van der Waals surface area contributed by atoms with Gasteiger partial charge in [-0.15, -0.1) is 0 Å². The lowest BCUT2D eigenvalue weighted by Crippen LogP contribution is -2.15. The van der Waals surface area contributed by atoms with E-state index < -0.39 is 5.92 Å². The Morgan fingerprint density at radius 3 is 2.85 bits per heavy atom. The van der Waals surface area contributed by atoms with E-state index in [9.17, 15) is 9.90 Å². The fourth-order valence-electron chi connectivity index (χ4n) is 3.51. The van der Waals surface area contributed by atoms with Crippen LogP contribution in [0.3, 0.4) is 0 Å². The molecule has 1 atom stereocenters. The van der Waals surface area contributed by atoms with Gasteiger partial charge >= 0.3 is 5.97 Å². The molecule has 26 heavy (non-hydrogen) atoms. The summed E-state index contributed by atoms with van der Waals surface area (Å²) in [6.07, 6.45) is 3.59. The molecule has 1 N–H and O–H groups in total. The molecule has 4 rings (SSSR count). The third-order valence-corrected chi connectivity index (χ3v) is 4.83. The molecular formula is C21H19NO4. The van der Waals surface area contributed by atoms with Crippen molar-refractivity contribution in [1.82, 2.24) is 4.57 Å². The van der Waals surface area contributed by atoms with E-state index >= 15 is 0 Å². The van der Waals surface area contributed by atoms with Crippen molar-refractivity contribution >= 4 is 27.8 Å². The highest BCUT2D eigenvalue weighted by Gasteiger charge is 2.27.